The predicted molar refractivity (Wildman–Crippen MR) is 75.5 cm³/mol. The Morgan fingerprint density at radius 3 is 2.38 bits per heavy atom. The minimum atomic E-state index is -1.05. The second kappa shape index (κ2) is 6.25. The predicted octanol–water partition coefficient (Wildman–Crippen LogP) is -0.0220. The van der Waals surface area contributed by atoms with Crippen LogP contribution in [0.5, 0.6) is 0 Å². The number of carbonyl (C=O) groups excluding carboxylic acids is 2. The van der Waals surface area contributed by atoms with Crippen LogP contribution < -0.4 is 16.4 Å². The number of aliphatic carboxylic acids is 1. The first-order chi connectivity index (χ1) is 9.97. The summed E-state index contributed by atoms with van der Waals surface area (Å²) in [6, 6.07) is 5.40. The Morgan fingerprint density at radius 1 is 1.24 bits per heavy atom. The molecule has 2 rings (SSSR count). The third kappa shape index (κ3) is 4.20. The van der Waals surface area contributed by atoms with Gasteiger partial charge in [-0.25, -0.2) is 4.79 Å². The van der Waals surface area contributed by atoms with Crippen molar-refractivity contribution in [2.45, 2.75) is 18.9 Å². The molecule has 7 nitrogen and oxygen atoms in total. The summed E-state index contributed by atoms with van der Waals surface area (Å²) in [6.45, 7) is -0.264. The van der Waals surface area contributed by atoms with E-state index in [-0.39, 0.29) is 12.5 Å². The third-order valence-corrected chi connectivity index (χ3v) is 3.26. The first-order valence-corrected chi connectivity index (χ1v) is 6.63. The van der Waals surface area contributed by atoms with E-state index < -0.39 is 23.8 Å². The van der Waals surface area contributed by atoms with Gasteiger partial charge >= 0.3 is 5.97 Å². The minimum absolute atomic E-state index is 0.000694. The Hall–Kier alpha value is -2.57. The largest absolute Gasteiger partial charge is 0.480 e. The van der Waals surface area contributed by atoms with Crippen LogP contribution in [0.15, 0.2) is 24.3 Å². The molecule has 21 heavy (non-hydrogen) atoms. The van der Waals surface area contributed by atoms with Crippen LogP contribution >= 0.6 is 0 Å². The topological polar surface area (TPSA) is 122 Å². The van der Waals surface area contributed by atoms with Gasteiger partial charge in [-0.1, -0.05) is 0 Å². The number of carboxylic acid groups (broad SMARTS) is 1. The number of nitrogens with two attached hydrogens (primary N) is 1. The first-order valence-electron chi connectivity index (χ1n) is 6.63. The Balaban J connectivity index is 1.81. The summed E-state index contributed by atoms with van der Waals surface area (Å²) in [5, 5.41) is 13.9. The van der Waals surface area contributed by atoms with Crippen molar-refractivity contribution in [2.24, 2.45) is 5.92 Å². The average molecular weight is 291 g/mol. The highest BCUT2D eigenvalue weighted by atomic mass is 16.4. The van der Waals surface area contributed by atoms with Crippen molar-refractivity contribution in [3.8, 4) is 0 Å². The lowest BCUT2D eigenvalue weighted by atomic mass is 10.2. The fraction of sp³-hybridized carbons (Fsp3) is 0.357. The molecule has 0 radical (unpaired) electrons. The number of nitrogens with one attached hydrogen (secondary N) is 2. The lowest BCUT2D eigenvalue weighted by molar-refractivity contribution is -0.142. The fourth-order valence-corrected chi connectivity index (χ4v) is 1.93. The van der Waals surface area contributed by atoms with Crippen LogP contribution in [-0.2, 0) is 9.59 Å². The van der Waals surface area contributed by atoms with Crippen molar-refractivity contribution in [2.75, 3.05) is 12.3 Å². The van der Waals surface area contributed by atoms with Crippen molar-refractivity contribution in [1.82, 2.24) is 10.6 Å². The second-order valence-electron chi connectivity index (χ2n) is 5.03. The van der Waals surface area contributed by atoms with Crippen molar-refractivity contribution in [3.05, 3.63) is 29.8 Å². The highest BCUT2D eigenvalue weighted by Gasteiger charge is 2.37. The van der Waals surface area contributed by atoms with Gasteiger partial charge in [0.05, 0.1) is 6.54 Å². The highest BCUT2D eigenvalue weighted by molar-refractivity contribution is 5.97. The number of carboxylic acids is 1. The molecular formula is C14H17N3O4. The number of rotatable bonds is 6. The van der Waals surface area contributed by atoms with Gasteiger partial charge in [-0.05, 0) is 43.0 Å². The van der Waals surface area contributed by atoms with E-state index in [1.165, 1.54) is 0 Å². The lowest BCUT2D eigenvalue weighted by Crippen LogP contribution is -2.46. The molecular weight excluding hydrogens is 274 g/mol. The van der Waals surface area contributed by atoms with E-state index in [2.05, 4.69) is 10.6 Å². The zero-order valence-electron chi connectivity index (χ0n) is 11.3. The normalized spacial score (nSPS) is 15.0. The zero-order chi connectivity index (χ0) is 15.4. The Bertz CT molecular complexity index is 552. The standard InChI is InChI=1S/C14H17N3O4/c15-10-5-3-9(4-6-10)13(19)16-7-11(18)17-12(14(20)21)8-1-2-8/h3-6,8,12H,1-2,7,15H2,(H,16,19)(H,17,18)(H,20,21). The van der Waals surface area contributed by atoms with Crippen molar-refractivity contribution in [1.29, 1.82) is 0 Å². The molecule has 7 heteroatoms. The van der Waals surface area contributed by atoms with E-state index >= 15 is 0 Å². The molecule has 2 amide bonds. The zero-order valence-corrected chi connectivity index (χ0v) is 11.3. The summed E-state index contributed by atoms with van der Waals surface area (Å²) in [5.41, 5.74) is 6.44. The third-order valence-electron chi connectivity index (χ3n) is 3.26. The Morgan fingerprint density at radius 2 is 1.86 bits per heavy atom. The molecule has 1 saturated carbocycles. The van der Waals surface area contributed by atoms with Gasteiger partial charge in [0.15, 0.2) is 0 Å². The second-order valence-corrected chi connectivity index (χ2v) is 5.03. The molecule has 1 aliphatic rings. The van der Waals surface area contributed by atoms with Gasteiger partial charge in [0, 0.05) is 11.3 Å². The van der Waals surface area contributed by atoms with E-state index in [0.29, 0.717) is 11.3 Å². The number of carbonyl (C=O) groups is 3. The summed E-state index contributed by atoms with van der Waals surface area (Å²) < 4.78 is 0. The molecule has 1 aliphatic carbocycles. The van der Waals surface area contributed by atoms with Gasteiger partial charge in [-0.2, -0.15) is 0 Å². The first kappa shape index (κ1) is 14.8. The molecule has 1 unspecified atom stereocenters. The number of nitrogen functional groups attached to an aromatic ring is 1. The highest BCUT2D eigenvalue weighted by Crippen LogP contribution is 2.32. The van der Waals surface area contributed by atoms with Gasteiger partial charge in [0.2, 0.25) is 5.91 Å². The van der Waals surface area contributed by atoms with Crippen LogP contribution in [0, 0.1) is 5.92 Å². The van der Waals surface area contributed by atoms with Crippen LogP contribution in [0.3, 0.4) is 0 Å². The molecule has 0 bridgehead atoms. The monoisotopic (exact) mass is 291 g/mol. The number of benzene rings is 1. The molecule has 1 atom stereocenters. The number of anilines is 1. The molecule has 0 aliphatic heterocycles. The maximum atomic E-state index is 11.8. The fourth-order valence-electron chi connectivity index (χ4n) is 1.93. The average Bonchev–Trinajstić information content (AvgIpc) is 3.27. The van der Waals surface area contributed by atoms with Gasteiger partial charge in [-0.3, -0.25) is 9.59 Å². The van der Waals surface area contributed by atoms with Gasteiger partial charge in [0.1, 0.15) is 6.04 Å². The van der Waals surface area contributed by atoms with Gasteiger partial charge < -0.3 is 21.5 Å². The van der Waals surface area contributed by atoms with Crippen LogP contribution in [0.4, 0.5) is 5.69 Å². The van der Waals surface area contributed by atoms with Crippen molar-refractivity contribution in [3.63, 3.8) is 0 Å². The van der Waals surface area contributed by atoms with Gasteiger partial charge in [0.25, 0.3) is 5.91 Å². The lowest BCUT2D eigenvalue weighted by Gasteiger charge is -2.13. The number of hydrogen-bond donors (Lipinski definition) is 4. The summed E-state index contributed by atoms with van der Waals surface area (Å²) in [4.78, 5) is 34.4. The molecule has 0 spiro atoms. The van der Waals surface area contributed by atoms with Gasteiger partial charge in [-0.15, -0.1) is 0 Å². The van der Waals surface area contributed by atoms with Crippen molar-refractivity contribution < 1.29 is 19.5 Å². The molecule has 5 N–H and O–H groups in total. The molecule has 1 aromatic carbocycles. The summed E-state index contributed by atoms with van der Waals surface area (Å²) in [5.74, 6) is -1.98. The Labute approximate surface area is 121 Å². The molecule has 1 aromatic rings. The molecule has 1 fully saturated rings. The molecule has 0 heterocycles. The number of hydrogen-bond acceptors (Lipinski definition) is 4. The summed E-state index contributed by atoms with van der Waals surface area (Å²) in [6.07, 6.45) is 1.60. The van der Waals surface area contributed by atoms with Crippen LogP contribution in [-0.4, -0.2) is 35.5 Å². The Kier molecular flexibility index (Phi) is 4.42. The van der Waals surface area contributed by atoms with E-state index in [4.69, 9.17) is 10.8 Å². The quantitative estimate of drug-likeness (QED) is 0.549. The van der Waals surface area contributed by atoms with Crippen LogP contribution in [0.1, 0.15) is 23.2 Å². The van der Waals surface area contributed by atoms with E-state index in [1.807, 2.05) is 0 Å². The van der Waals surface area contributed by atoms with Crippen molar-refractivity contribution >= 4 is 23.5 Å². The number of amides is 2. The minimum Gasteiger partial charge on any atom is -0.480 e. The molecule has 0 aromatic heterocycles. The SMILES string of the molecule is Nc1ccc(C(=O)NCC(=O)NC(C(=O)O)C2CC2)cc1. The summed E-state index contributed by atoms with van der Waals surface area (Å²) >= 11 is 0. The summed E-state index contributed by atoms with van der Waals surface area (Å²) in [7, 11) is 0. The maximum absolute atomic E-state index is 11.8. The van der Waals surface area contributed by atoms with E-state index in [0.717, 1.165) is 12.8 Å². The van der Waals surface area contributed by atoms with Crippen LogP contribution in [0.2, 0.25) is 0 Å². The maximum Gasteiger partial charge on any atom is 0.326 e. The van der Waals surface area contributed by atoms with E-state index in [9.17, 15) is 14.4 Å². The molecule has 0 saturated heterocycles. The van der Waals surface area contributed by atoms with Crippen LogP contribution in [0.25, 0.3) is 0 Å². The smallest absolute Gasteiger partial charge is 0.326 e. The van der Waals surface area contributed by atoms with E-state index in [1.54, 1.807) is 24.3 Å². The molecule has 112 valence electrons.